The maximum absolute atomic E-state index is 12.6. The van der Waals surface area contributed by atoms with E-state index in [0.717, 1.165) is 33.6 Å². The molecule has 1 aliphatic rings. The Labute approximate surface area is 197 Å². The van der Waals surface area contributed by atoms with E-state index in [9.17, 15) is 15.0 Å². The molecular weight excluding hydrogens is 432 g/mol. The fourth-order valence-corrected chi connectivity index (χ4v) is 4.41. The van der Waals surface area contributed by atoms with Crippen LogP contribution in [0.1, 0.15) is 23.1 Å². The van der Waals surface area contributed by atoms with Gasteiger partial charge >= 0.3 is 5.97 Å². The van der Waals surface area contributed by atoms with Gasteiger partial charge in [0.2, 0.25) is 0 Å². The van der Waals surface area contributed by atoms with Gasteiger partial charge in [0.05, 0.1) is 35.6 Å². The van der Waals surface area contributed by atoms with E-state index in [1.165, 1.54) is 0 Å². The number of aromatic nitrogens is 3. The molecule has 34 heavy (non-hydrogen) atoms. The summed E-state index contributed by atoms with van der Waals surface area (Å²) in [6.07, 6.45) is -1.50. The van der Waals surface area contributed by atoms with Crippen LogP contribution in [0.4, 0.5) is 5.69 Å². The summed E-state index contributed by atoms with van der Waals surface area (Å²) in [5, 5.41) is 25.3. The highest BCUT2D eigenvalue weighted by Gasteiger charge is 2.29. The van der Waals surface area contributed by atoms with Gasteiger partial charge in [-0.15, -0.1) is 0 Å². The Hall–Kier alpha value is -3.75. The summed E-state index contributed by atoms with van der Waals surface area (Å²) in [6, 6.07) is 19.3. The maximum Gasteiger partial charge on any atom is 0.357 e. The molecule has 0 spiro atoms. The lowest BCUT2D eigenvalue weighted by Gasteiger charge is -2.18. The second kappa shape index (κ2) is 8.89. The number of anilines is 1. The lowest BCUT2D eigenvalue weighted by molar-refractivity contribution is 0.0520. The number of aryl methyl sites for hydroxylation is 1. The lowest BCUT2D eigenvalue weighted by atomic mass is 10.0. The first kappa shape index (κ1) is 22.1. The number of ether oxygens (including phenoxy) is 1. The molecule has 0 amide bonds. The normalized spacial score (nSPS) is 17.9. The van der Waals surface area contributed by atoms with Gasteiger partial charge in [-0.05, 0) is 55.3 Å². The summed E-state index contributed by atoms with van der Waals surface area (Å²) in [5.74, 6) is -0.485. The minimum Gasteiger partial charge on any atom is -0.461 e. The van der Waals surface area contributed by atoms with Crippen LogP contribution >= 0.6 is 0 Å². The minimum atomic E-state index is -0.752. The highest BCUT2D eigenvalue weighted by atomic mass is 16.5. The van der Waals surface area contributed by atoms with Crippen molar-refractivity contribution in [1.29, 1.82) is 0 Å². The van der Waals surface area contributed by atoms with Crippen molar-refractivity contribution in [2.45, 2.75) is 26.1 Å². The van der Waals surface area contributed by atoms with Crippen LogP contribution in [0.15, 0.2) is 60.7 Å². The molecule has 0 bridgehead atoms. The SMILES string of the molecule is CCOC(=O)c1cc(-c2ccc(N3C[C@@H](O)[C@H](O)C3)cc2)c2c(C)nn(-c3ccccc3)c2n1. The second-order valence-corrected chi connectivity index (χ2v) is 8.39. The number of β-amino-alcohol motifs (C(OH)–C–C–N with tert-alkyl or cyclic N) is 2. The van der Waals surface area contributed by atoms with Crippen LogP contribution in [0.3, 0.4) is 0 Å². The van der Waals surface area contributed by atoms with E-state index >= 15 is 0 Å². The molecule has 0 saturated carbocycles. The van der Waals surface area contributed by atoms with Crippen LogP contribution in [0.5, 0.6) is 0 Å². The van der Waals surface area contributed by atoms with Gasteiger partial charge < -0.3 is 19.8 Å². The third-order valence-electron chi connectivity index (χ3n) is 6.10. The maximum atomic E-state index is 12.6. The van der Waals surface area contributed by atoms with E-state index in [4.69, 9.17) is 9.84 Å². The second-order valence-electron chi connectivity index (χ2n) is 8.39. The summed E-state index contributed by atoms with van der Waals surface area (Å²) < 4.78 is 6.99. The van der Waals surface area contributed by atoms with Crippen LogP contribution in [0, 0.1) is 6.92 Å². The smallest absolute Gasteiger partial charge is 0.357 e. The average molecular weight is 459 g/mol. The lowest BCUT2D eigenvalue weighted by Crippen LogP contribution is -2.22. The highest BCUT2D eigenvalue weighted by Crippen LogP contribution is 2.34. The number of nitrogens with zero attached hydrogens (tertiary/aromatic N) is 4. The van der Waals surface area contributed by atoms with Crippen molar-refractivity contribution in [2.75, 3.05) is 24.6 Å². The number of hydrogen-bond acceptors (Lipinski definition) is 7. The number of carbonyl (C=O) groups is 1. The van der Waals surface area contributed by atoms with Crippen molar-refractivity contribution in [1.82, 2.24) is 14.8 Å². The number of hydrogen-bond donors (Lipinski definition) is 2. The Morgan fingerprint density at radius 1 is 1.03 bits per heavy atom. The third-order valence-corrected chi connectivity index (χ3v) is 6.10. The molecule has 1 saturated heterocycles. The zero-order chi connectivity index (χ0) is 23.8. The van der Waals surface area contributed by atoms with Crippen molar-refractivity contribution in [3.05, 3.63) is 72.1 Å². The fourth-order valence-electron chi connectivity index (χ4n) is 4.41. The number of pyridine rings is 1. The van der Waals surface area contributed by atoms with Crippen LogP contribution in [0.2, 0.25) is 0 Å². The highest BCUT2D eigenvalue weighted by molar-refractivity contribution is 6.00. The number of para-hydroxylation sites is 1. The van der Waals surface area contributed by atoms with Gasteiger partial charge in [-0.3, -0.25) is 0 Å². The zero-order valence-electron chi connectivity index (χ0n) is 19.0. The van der Waals surface area contributed by atoms with E-state index in [0.29, 0.717) is 18.7 Å². The van der Waals surface area contributed by atoms with E-state index in [1.807, 2.05) is 66.4 Å². The van der Waals surface area contributed by atoms with Crippen LogP contribution in [-0.4, -0.2) is 62.9 Å². The van der Waals surface area contributed by atoms with Crippen molar-refractivity contribution < 1.29 is 19.7 Å². The Morgan fingerprint density at radius 3 is 2.35 bits per heavy atom. The number of aliphatic hydroxyl groups excluding tert-OH is 2. The van der Waals surface area contributed by atoms with Crippen molar-refractivity contribution in [3.8, 4) is 16.8 Å². The zero-order valence-corrected chi connectivity index (χ0v) is 19.0. The molecule has 1 aliphatic heterocycles. The number of carbonyl (C=O) groups excluding carboxylic acids is 1. The van der Waals surface area contributed by atoms with Gasteiger partial charge in [0, 0.05) is 18.8 Å². The fraction of sp³-hybridized carbons (Fsp3) is 0.269. The third kappa shape index (κ3) is 3.91. The van der Waals surface area contributed by atoms with Crippen molar-refractivity contribution in [3.63, 3.8) is 0 Å². The summed E-state index contributed by atoms with van der Waals surface area (Å²) in [4.78, 5) is 19.2. The number of esters is 1. The molecule has 2 aromatic heterocycles. The molecule has 0 aliphatic carbocycles. The molecule has 1 fully saturated rings. The van der Waals surface area contributed by atoms with E-state index in [1.54, 1.807) is 17.7 Å². The number of fused-ring (bicyclic) bond motifs is 1. The van der Waals surface area contributed by atoms with Crippen LogP contribution in [0.25, 0.3) is 27.8 Å². The monoisotopic (exact) mass is 458 g/mol. The Kier molecular flexibility index (Phi) is 5.77. The Bertz CT molecular complexity index is 1320. The summed E-state index contributed by atoms with van der Waals surface area (Å²) in [6.45, 7) is 4.72. The molecule has 2 N–H and O–H groups in total. The van der Waals surface area contributed by atoms with E-state index in [-0.39, 0.29) is 12.3 Å². The van der Waals surface area contributed by atoms with E-state index < -0.39 is 18.2 Å². The minimum absolute atomic E-state index is 0.219. The number of rotatable bonds is 5. The first-order valence-electron chi connectivity index (χ1n) is 11.3. The Morgan fingerprint density at radius 2 is 1.71 bits per heavy atom. The molecule has 8 nitrogen and oxygen atoms in total. The summed E-state index contributed by atoms with van der Waals surface area (Å²) >= 11 is 0. The number of benzene rings is 2. The van der Waals surface area contributed by atoms with Crippen molar-refractivity contribution in [2.24, 2.45) is 0 Å². The average Bonchev–Trinajstić information content (AvgIpc) is 3.38. The van der Waals surface area contributed by atoms with Crippen LogP contribution in [-0.2, 0) is 4.74 Å². The van der Waals surface area contributed by atoms with Gasteiger partial charge in [0.25, 0.3) is 0 Å². The van der Waals surface area contributed by atoms with Gasteiger partial charge in [-0.2, -0.15) is 5.10 Å². The largest absolute Gasteiger partial charge is 0.461 e. The molecule has 4 aromatic rings. The molecule has 0 unspecified atom stereocenters. The van der Waals surface area contributed by atoms with E-state index in [2.05, 4.69) is 4.98 Å². The molecule has 2 atom stereocenters. The van der Waals surface area contributed by atoms with Crippen molar-refractivity contribution >= 4 is 22.7 Å². The topological polar surface area (TPSA) is 101 Å². The summed E-state index contributed by atoms with van der Waals surface area (Å²) in [5.41, 5.74) is 5.09. The first-order chi connectivity index (χ1) is 16.5. The molecular formula is C26H26N4O4. The molecule has 0 radical (unpaired) electrons. The quantitative estimate of drug-likeness (QED) is 0.443. The van der Waals surface area contributed by atoms with Gasteiger partial charge in [0.15, 0.2) is 11.3 Å². The van der Waals surface area contributed by atoms with Gasteiger partial charge in [-0.25, -0.2) is 14.5 Å². The van der Waals surface area contributed by atoms with Crippen LogP contribution < -0.4 is 4.90 Å². The molecule has 3 heterocycles. The molecule has 174 valence electrons. The molecule has 8 heteroatoms. The number of aliphatic hydroxyl groups is 2. The van der Waals surface area contributed by atoms with Gasteiger partial charge in [0.1, 0.15) is 0 Å². The predicted octanol–water partition coefficient (Wildman–Crippen LogP) is 3.11. The molecule has 5 rings (SSSR count). The Balaban J connectivity index is 1.64. The first-order valence-corrected chi connectivity index (χ1v) is 11.3. The molecule has 2 aromatic carbocycles. The standard InChI is InChI=1S/C26H26N4O4/c1-3-34-26(33)21-13-20(17-9-11-18(12-10-17)29-14-22(31)23(32)15-29)24-16(2)28-30(25(24)27-21)19-7-5-4-6-8-19/h4-13,22-23,31-32H,3,14-15H2,1-2H3/t22-,23-/m1/s1. The summed E-state index contributed by atoms with van der Waals surface area (Å²) in [7, 11) is 0. The van der Waals surface area contributed by atoms with Gasteiger partial charge in [-0.1, -0.05) is 30.3 Å². The predicted molar refractivity (Wildman–Crippen MR) is 129 cm³/mol.